The molecule has 4 aromatic rings. The van der Waals surface area contributed by atoms with Gasteiger partial charge in [0.15, 0.2) is 0 Å². The third kappa shape index (κ3) is 4.60. The minimum absolute atomic E-state index is 0.163. The number of hydrogen-bond donors (Lipinski definition) is 1. The first-order valence-corrected chi connectivity index (χ1v) is 10.7. The minimum Gasteiger partial charge on any atom is -0.467 e. The summed E-state index contributed by atoms with van der Waals surface area (Å²) in [5.41, 5.74) is 2.71. The molecule has 0 fully saturated rings. The first-order valence-electron chi connectivity index (χ1n) is 10.7. The van der Waals surface area contributed by atoms with Crippen LogP contribution in [0, 0.1) is 0 Å². The molecule has 0 aliphatic heterocycles. The van der Waals surface area contributed by atoms with Gasteiger partial charge < -0.3 is 10.1 Å². The van der Waals surface area contributed by atoms with E-state index in [0.29, 0.717) is 5.69 Å². The number of ether oxygens (including phenoxy) is 1. The van der Waals surface area contributed by atoms with Gasteiger partial charge in [-0.25, -0.2) is 9.78 Å². The maximum Gasteiger partial charge on any atom is 0.328 e. The molecular weight excluding hydrogens is 414 g/mol. The highest BCUT2D eigenvalue weighted by atomic mass is 16.5. The van der Waals surface area contributed by atoms with Crippen LogP contribution in [0.25, 0.3) is 11.0 Å². The van der Waals surface area contributed by atoms with Crippen LogP contribution in [-0.4, -0.2) is 35.0 Å². The minimum atomic E-state index is -1.01. The highest BCUT2D eigenvalue weighted by molar-refractivity contribution is 5.94. The van der Waals surface area contributed by atoms with Crippen LogP contribution in [0.5, 0.6) is 0 Å². The van der Waals surface area contributed by atoms with Gasteiger partial charge in [0.25, 0.3) is 0 Å². The molecule has 0 aliphatic carbocycles. The number of carbonyl (C=O) groups excluding carboxylic acids is 2. The van der Waals surface area contributed by atoms with Crippen molar-refractivity contribution >= 4 is 22.9 Å². The van der Waals surface area contributed by atoms with E-state index in [1.165, 1.54) is 7.11 Å². The molecule has 0 unspecified atom stereocenters. The number of nitrogens with one attached hydrogen (secondary N) is 1. The van der Waals surface area contributed by atoms with E-state index in [1.54, 1.807) is 6.20 Å². The molecule has 0 saturated heterocycles. The summed E-state index contributed by atoms with van der Waals surface area (Å²) in [7, 11) is 1.31. The van der Waals surface area contributed by atoms with Crippen molar-refractivity contribution in [1.29, 1.82) is 0 Å². The van der Waals surface area contributed by atoms with Gasteiger partial charge in [0.2, 0.25) is 5.91 Å². The van der Waals surface area contributed by atoms with Gasteiger partial charge in [-0.05, 0) is 30.2 Å². The van der Waals surface area contributed by atoms with Gasteiger partial charge >= 0.3 is 5.97 Å². The number of amides is 1. The van der Waals surface area contributed by atoms with Crippen LogP contribution in [0.3, 0.4) is 0 Å². The molecule has 4 rings (SSSR count). The third-order valence-electron chi connectivity index (χ3n) is 5.86. The topological polar surface area (TPSA) is 81.2 Å². The number of benzene rings is 3. The average Bonchev–Trinajstić information content (AvgIpc) is 2.88. The lowest BCUT2D eigenvalue weighted by atomic mass is 9.75. The summed E-state index contributed by atoms with van der Waals surface area (Å²) in [5, 5.41) is 2.92. The van der Waals surface area contributed by atoms with Crippen LogP contribution in [0.4, 0.5) is 0 Å². The molecule has 166 valence electrons. The van der Waals surface area contributed by atoms with Crippen LogP contribution in [0.1, 0.15) is 23.7 Å². The normalized spacial score (nSPS) is 12.2. The second kappa shape index (κ2) is 9.61. The number of rotatable bonds is 7. The van der Waals surface area contributed by atoms with Crippen molar-refractivity contribution in [1.82, 2.24) is 15.3 Å². The van der Waals surface area contributed by atoms with Gasteiger partial charge in [-0.3, -0.25) is 9.78 Å². The predicted molar refractivity (Wildman–Crippen MR) is 127 cm³/mol. The Morgan fingerprint density at radius 2 is 1.42 bits per heavy atom. The van der Waals surface area contributed by atoms with Crippen LogP contribution in [0.15, 0.2) is 91.1 Å². The van der Waals surface area contributed by atoms with Gasteiger partial charge in [0.1, 0.15) is 6.04 Å². The molecule has 1 atom stereocenters. The number of carbonyl (C=O) groups is 2. The number of hydrogen-bond acceptors (Lipinski definition) is 5. The molecule has 6 heteroatoms. The fourth-order valence-corrected chi connectivity index (χ4v) is 3.91. The average molecular weight is 440 g/mol. The van der Waals surface area contributed by atoms with Crippen molar-refractivity contribution in [2.45, 2.75) is 24.8 Å². The summed E-state index contributed by atoms with van der Waals surface area (Å²) in [4.78, 5) is 35.4. The Balaban J connectivity index is 1.66. The maximum absolute atomic E-state index is 13.7. The largest absolute Gasteiger partial charge is 0.467 e. The second-order valence-electron chi connectivity index (χ2n) is 7.96. The first kappa shape index (κ1) is 22.1. The predicted octanol–water partition coefficient (Wildman–Crippen LogP) is 3.84. The Labute approximate surface area is 192 Å². The Hall–Kier alpha value is -4.06. The summed E-state index contributed by atoms with van der Waals surface area (Å²) >= 11 is 0. The van der Waals surface area contributed by atoms with Gasteiger partial charge in [0.05, 0.1) is 29.3 Å². The van der Waals surface area contributed by atoms with E-state index in [-0.39, 0.29) is 12.3 Å². The summed E-state index contributed by atoms with van der Waals surface area (Å²) in [6, 6.07) is 25.6. The highest BCUT2D eigenvalue weighted by Crippen LogP contribution is 2.32. The smallest absolute Gasteiger partial charge is 0.328 e. The number of aromatic nitrogens is 2. The Morgan fingerprint density at radius 1 is 0.879 bits per heavy atom. The van der Waals surface area contributed by atoms with Gasteiger partial charge in [-0.1, -0.05) is 72.8 Å². The highest BCUT2D eigenvalue weighted by Gasteiger charge is 2.39. The van der Waals surface area contributed by atoms with Gasteiger partial charge in [-0.2, -0.15) is 0 Å². The second-order valence-corrected chi connectivity index (χ2v) is 7.96. The number of methoxy groups -OCH3 is 1. The summed E-state index contributed by atoms with van der Waals surface area (Å²) in [6.07, 6.45) is 1.79. The van der Waals surface area contributed by atoms with E-state index in [2.05, 4.69) is 15.3 Å². The molecule has 0 radical (unpaired) electrons. The zero-order chi connectivity index (χ0) is 23.3. The lowest BCUT2D eigenvalue weighted by Crippen LogP contribution is -2.51. The van der Waals surface area contributed by atoms with E-state index >= 15 is 0 Å². The molecule has 1 heterocycles. The van der Waals surface area contributed by atoms with E-state index in [0.717, 1.165) is 22.2 Å². The molecule has 1 aromatic heterocycles. The van der Waals surface area contributed by atoms with Crippen molar-refractivity contribution in [2.24, 2.45) is 0 Å². The molecule has 0 aliphatic rings. The van der Waals surface area contributed by atoms with E-state index in [1.807, 2.05) is 91.9 Å². The van der Waals surface area contributed by atoms with Gasteiger partial charge in [-0.15, -0.1) is 0 Å². The van der Waals surface area contributed by atoms with Crippen molar-refractivity contribution in [3.05, 3.63) is 108 Å². The third-order valence-corrected chi connectivity index (χ3v) is 5.86. The standard InChI is InChI=1S/C27H25N3O3/c1-27(19-11-5-3-6-12-19,20-13-7-4-8-14-20)26(32)30-24(25(31)33-2)17-21-18-28-22-15-9-10-16-23(22)29-21/h3-16,18,24H,17H2,1-2H3,(H,30,32)/t24-/m1/s1. The van der Waals surface area contributed by atoms with Crippen molar-refractivity contribution in [3.8, 4) is 0 Å². The summed E-state index contributed by atoms with van der Waals surface area (Å²) in [5.74, 6) is -0.842. The molecule has 6 nitrogen and oxygen atoms in total. The Morgan fingerprint density at radius 3 is 2.00 bits per heavy atom. The SMILES string of the molecule is COC(=O)[C@@H](Cc1cnc2ccccc2n1)NC(=O)C(C)(c1ccccc1)c1ccccc1. The maximum atomic E-state index is 13.7. The Kier molecular flexibility index (Phi) is 6.45. The summed E-state index contributed by atoms with van der Waals surface area (Å²) < 4.78 is 5.00. The van der Waals surface area contributed by atoms with E-state index in [9.17, 15) is 9.59 Å². The molecule has 1 amide bonds. The van der Waals surface area contributed by atoms with Crippen LogP contribution < -0.4 is 5.32 Å². The lowest BCUT2D eigenvalue weighted by Gasteiger charge is -2.31. The molecule has 0 spiro atoms. The van der Waals surface area contributed by atoms with E-state index < -0.39 is 17.4 Å². The van der Waals surface area contributed by atoms with Crippen molar-refractivity contribution < 1.29 is 14.3 Å². The van der Waals surface area contributed by atoms with Crippen molar-refractivity contribution in [3.63, 3.8) is 0 Å². The fraction of sp³-hybridized carbons (Fsp3) is 0.185. The molecular formula is C27H25N3O3. The number of esters is 1. The molecule has 3 aromatic carbocycles. The monoisotopic (exact) mass is 439 g/mol. The quantitative estimate of drug-likeness (QED) is 0.443. The lowest BCUT2D eigenvalue weighted by molar-refractivity contribution is -0.145. The van der Waals surface area contributed by atoms with Crippen LogP contribution >= 0.6 is 0 Å². The zero-order valence-electron chi connectivity index (χ0n) is 18.6. The number of para-hydroxylation sites is 2. The van der Waals surface area contributed by atoms with Crippen LogP contribution in [-0.2, 0) is 26.2 Å². The van der Waals surface area contributed by atoms with Gasteiger partial charge in [0, 0.05) is 12.6 Å². The van der Waals surface area contributed by atoms with Crippen molar-refractivity contribution in [2.75, 3.05) is 7.11 Å². The molecule has 33 heavy (non-hydrogen) atoms. The molecule has 0 bridgehead atoms. The van der Waals surface area contributed by atoms with Crippen LogP contribution in [0.2, 0.25) is 0 Å². The molecule has 0 saturated carbocycles. The number of nitrogens with zero attached hydrogens (tertiary/aromatic N) is 2. The van der Waals surface area contributed by atoms with E-state index in [4.69, 9.17) is 4.74 Å². The first-order chi connectivity index (χ1) is 16.0. The zero-order valence-corrected chi connectivity index (χ0v) is 18.6. The number of fused-ring (bicyclic) bond motifs is 1. The summed E-state index contributed by atoms with van der Waals surface area (Å²) in [6.45, 7) is 1.86. The Bertz CT molecular complexity index is 1220. The molecule has 1 N–H and O–H groups in total. The fourth-order valence-electron chi connectivity index (χ4n) is 3.91.